The summed E-state index contributed by atoms with van der Waals surface area (Å²) in [7, 11) is 0. The molecule has 2 aromatic carbocycles. The predicted octanol–water partition coefficient (Wildman–Crippen LogP) is 4.89. The van der Waals surface area contributed by atoms with Crippen molar-refractivity contribution in [2.75, 3.05) is 5.32 Å². The fraction of sp³-hybridized carbons (Fsp3) is 0.136. The highest BCUT2D eigenvalue weighted by Gasteiger charge is 2.14. The van der Waals surface area contributed by atoms with Crippen molar-refractivity contribution in [3.8, 4) is 0 Å². The van der Waals surface area contributed by atoms with Gasteiger partial charge in [-0.2, -0.15) is 5.10 Å². The topological polar surface area (TPSA) is 70.6 Å². The van der Waals surface area contributed by atoms with Crippen LogP contribution in [0.3, 0.4) is 0 Å². The number of rotatable bonds is 6. The molecule has 0 bridgehead atoms. The van der Waals surface area contributed by atoms with Crippen LogP contribution >= 0.6 is 11.3 Å². The number of benzene rings is 2. The van der Waals surface area contributed by atoms with Crippen LogP contribution in [-0.2, 0) is 0 Å². The summed E-state index contributed by atoms with van der Waals surface area (Å²) in [6, 6.07) is 18.4. The molecule has 5 nitrogen and oxygen atoms in total. The minimum absolute atomic E-state index is 0.246. The number of para-hydroxylation sites is 1. The molecule has 28 heavy (non-hydrogen) atoms. The van der Waals surface area contributed by atoms with Crippen molar-refractivity contribution in [2.45, 2.75) is 19.8 Å². The maximum Gasteiger partial charge on any atom is 0.273 e. The van der Waals surface area contributed by atoms with Crippen LogP contribution in [-0.4, -0.2) is 18.0 Å². The van der Waals surface area contributed by atoms with E-state index in [2.05, 4.69) is 29.7 Å². The van der Waals surface area contributed by atoms with Gasteiger partial charge in [0.05, 0.1) is 22.3 Å². The van der Waals surface area contributed by atoms with Crippen LogP contribution in [0.15, 0.2) is 71.1 Å². The van der Waals surface area contributed by atoms with Gasteiger partial charge >= 0.3 is 0 Å². The summed E-state index contributed by atoms with van der Waals surface area (Å²) in [5, 5.41) is 8.63. The van der Waals surface area contributed by atoms with Crippen molar-refractivity contribution in [3.05, 3.63) is 87.6 Å². The first-order chi connectivity index (χ1) is 13.5. The molecular formula is C22H21N3O2S. The second kappa shape index (κ2) is 9.10. The molecule has 0 aliphatic rings. The number of hydrazone groups is 1. The lowest BCUT2D eigenvalue weighted by Gasteiger charge is -2.09. The molecule has 0 saturated heterocycles. The Morgan fingerprint density at radius 1 is 0.964 bits per heavy atom. The Balaban J connectivity index is 1.66. The molecule has 0 unspecified atom stereocenters. The zero-order valence-electron chi connectivity index (χ0n) is 15.7. The molecule has 0 fully saturated rings. The summed E-state index contributed by atoms with van der Waals surface area (Å²) in [4.78, 5) is 25.3. The summed E-state index contributed by atoms with van der Waals surface area (Å²) < 4.78 is 0. The van der Waals surface area contributed by atoms with E-state index in [-0.39, 0.29) is 5.91 Å². The first-order valence-electron chi connectivity index (χ1n) is 8.92. The van der Waals surface area contributed by atoms with Gasteiger partial charge in [0.25, 0.3) is 11.8 Å². The molecule has 0 spiro atoms. The van der Waals surface area contributed by atoms with E-state index >= 15 is 0 Å². The van der Waals surface area contributed by atoms with Crippen LogP contribution < -0.4 is 10.7 Å². The highest BCUT2D eigenvalue weighted by atomic mass is 32.1. The Bertz CT molecular complexity index is 977. The van der Waals surface area contributed by atoms with E-state index in [1.165, 1.54) is 16.9 Å². The van der Waals surface area contributed by atoms with Gasteiger partial charge < -0.3 is 5.32 Å². The summed E-state index contributed by atoms with van der Waals surface area (Å²) in [6.45, 7) is 4.27. The fourth-order valence-corrected chi connectivity index (χ4v) is 3.19. The Hall–Kier alpha value is -3.25. The van der Waals surface area contributed by atoms with Crippen LogP contribution in [0.1, 0.15) is 50.9 Å². The summed E-state index contributed by atoms with van der Waals surface area (Å²) >= 11 is 1.34. The number of hydrogen-bond donors (Lipinski definition) is 2. The monoisotopic (exact) mass is 391 g/mol. The van der Waals surface area contributed by atoms with Crippen LogP contribution in [0.2, 0.25) is 0 Å². The maximum absolute atomic E-state index is 12.5. The molecule has 0 aliphatic heterocycles. The Morgan fingerprint density at radius 3 is 2.39 bits per heavy atom. The largest absolute Gasteiger partial charge is 0.321 e. The van der Waals surface area contributed by atoms with Crippen molar-refractivity contribution in [1.29, 1.82) is 0 Å². The van der Waals surface area contributed by atoms with Crippen molar-refractivity contribution in [2.24, 2.45) is 5.10 Å². The van der Waals surface area contributed by atoms with E-state index in [9.17, 15) is 9.59 Å². The van der Waals surface area contributed by atoms with Crippen LogP contribution in [0.4, 0.5) is 5.69 Å². The van der Waals surface area contributed by atoms with Gasteiger partial charge in [0.1, 0.15) is 0 Å². The average molecular weight is 391 g/mol. The van der Waals surface area contributed by atoms with Crippen molar-refractivity contribution in [1.82, 2.24) is 5.43 Å². The third-order valence-corrected chi connectivity index (χ3v) is 5.02. The molecule has 0 saturated carbocycles. The normalized spacial score (nSPS) is 11.0. The van der Waals surface area contributed by atoms with E-state index in [0.29, 0.717) is 22.0 Å². The van der Waals surface area contributed by atoms with E-state index in [1.54, 1.807) is 42.6 Å². The van der Waals surface area contributed by atoms with Crippen molar-refractivity contribution < 1.29 is 9.59 Å². The molecule has 6 heteroatoms. The van der Waals surface area contributed by atoms with Crippen LogP contribution in [0.5, 0.6) is 0 Å². The molecule has 3 aromatic rings. The summed E-state index contributed by atoms with van der Waals surface area (Å²) in [5.74, 6) is -0.173. The lowest BCUT2D eigenvalue weighted by atomic mass is 10.0. The van der Waals surface area contributed by atoms with Crippen LogP contribution in [0, 0.1) is 0 Å². The van der Waals surface area contributed by atoms with Crippen LogP contribution in [0.25, 0.3) is 0 Å². The standard InChI is InChI=1S/C22H21N3O2S/c1-15(2)17-11-9-16(10-12-17)14-23-25-21(26)18-6-3-4-7-19(18)24-22(27)20-8-5-13-28-20/h3-15H,1-2H3,(H,24,27)(H,25,26)/b23-14-. The number of carbonyl (C=O) groups excluding carboxylic acids is 2. The van der Waals surface area contributed by atoms with Gasteiger partial charge in [-0.1, -0.05) is 56.3 Å². The number of hydrogen-bond acceptors (Lipinski definition) is 4. The number of nitrogens with zero attached hydrogens (tertiary/aromatic N) is 1. The number of nitrogens with one attached hydrogen (secondary N) is 2. The third kappa shape index (κ3) is 4.92. The van der Waals surface area contributed by atoms with Gasteiger partial charge in [-0.3, -0.25) is 9.59 Å². The zero-order chi connectivity index (χ0) is 19.9. The average Bonchev–Trinajstić information content (AvgIpc) is 3.24. The minimum atomic E-state index is -0.392. The predicted molar refractivity (Wildman–Crippen MR) is 114 cm³/mol. The van der Waals surface area contributed by atoms with Gasteiger partial charge in [0, 0.05) is 0 Å². The van der Waals surface area contributed by atoms with Gasteiger partial charge in [-0.25, -0.2) is 5.43 Å². The maximum atomic E-state index is 12.5. The highest BCUT2D eigenvalue weighted by Crippen LogP contribution is 2.18. The molecule has 0 radical (unpaired) electrons. The van der Waals surface area contributed by atoms with E-state index in [0.717, 1.165) is 5.56 Å². The molecule has 142 valence electrons. The van der Waals surface area contributed by atoms with Crippen molar-refractivity contribution >= 4 is 35.1 Å². The van der Waals surface area contributed by atoms with E-state index in [4.69, 9.17) is 0 Å². The quantitative estimate of drug-likeness (QED) is 0.464. The fourth-order valence-electron chi connectivity index (χ4n) is 2.57. The number of anilines is 1. The molecule has 2 N–H and O–H groups in total. The molecule has 0 aliphatic carbocycles. The summed E-state index contributed by atoms with van der Waals surface area (Å²) in [6.07, 6.45) is 1.59. The Morgan fingerprint density at radius 2 is 1.71 bits per heavy atom. The Labute approximate surface area is 168 Å². The molecule has 1 heterocycles. The number of amides is 2. The first-order valence-corrected chi connectivity index (χ1v) is 9.80. The number of thiophene rings is 1. The second-order valence-electron chi connectivity index (χ2n) is 6.50. The smallest absolute Gasteiger partial charge is 0.273 e. The number of carbonyl (C=O) groups is 2. The van der Waals surface area contributed by atoms with Crippen molar-refractivity contribution in [3.63, 3.8) is 0 Å². The lowest BCUT2D eigenvalue weighted by molar-refractivity contribution is 0.0956. The van der Waals surface area contributed by atoms with Gasteiger partial charge in [0.15, 0.2) is 0 Å². The van der Waals surface area contributed by atoms with E-state index in [1.807, 2.05) is 29.6 Å². The van der Waals surface area contributed by atoms with E-state index < -0.39 is 5.91 Å². The Kier molecular flexibility index (Phi) is 6.34. The first kappa shape index (κ1) is 19.5. The summed E-state index contributed by atoms with van der Waals surface area (Å²) in [5.41, 5.74) is 5.44. The molecule has 1 aromatic heterocycles. The van der Waals surface area contributed by atoms with Gasteiger partial charge in [0.2, 0.25) is 0 Å². The van der Waals surface area contributed by atoms with Gasteiger partial charge in [-0.15, -0.1) is 11.3 Å². The molecule has 0 atom stereocenters. The highest BCUT2D eigenvalue weighted by molar-refractivity contribution is 7.12. The third-order valence-electron chi connectivity index (χ3n) is 4.15. The lowest BCUT2D eigenvalue weighted by Crippen LogP contribution is -2.21. The SMILES string of the molecule is CC(C)c1ccc(/C=N\NC(=O)c2ccccc2NC(=O)c2cccs2)cc1. The molecule has 2 amide bonds. The second-order valence-corrected chi connectivity index (χ2v) is 7.45. The van der Waals surface area contributed by atoms with Gasteiger partial charge in [-0.05, 0) is 40.6 Å². The molecule has 3 rings (SSSR count). The zero-order valence-corrected chi connectivity index (χ0v) is 16.5. The minimum Gasteiger partial charge on any atom is -0.321 e. The molecular weight excluding hydrogens is 370 g/mol.